The van der Waals surface area contributed by atoms with Gasteiger partial charge in [-0.05, 0) is 23.9 Å². The molecule has 0 unspecified atom stereocenters. The summed E-state index contributed by atoms with van der Waals surface area (Å²) in [6.07, 6.45) is 0.759. The van der Waals surface area contributed by atoms with Crippen molar-refractivity contribution in [3.05, 3.63) is 59.3 Å². The Hall–Kier alpha value is -2.47. The minimum absolute atomic E-state index is 0.0203. The Bertz CT molecular complexity index is 753. The highest BCUT2D eigenvalue weighted by atomic mass is 32.1. The van der Waals surface area contributed by atoms with Crippen molar-refractivity contribution < 1.29 is 9.32 Å². The van der Waals surface area contributed by atoms with Gasteiger partial charge < -0.3 is 9.84 Å². The average Bonchev–Trinajstić information content (AvgIpc) is 3.25. The Morgan fingerprint density at radius 2 is 2.09 bits per heavy atom. The molecule has 0 aliphatic heterocycles. The largest absolute Gasteiger partial charge is 0.350 e. The summed E-state index contributed by atoms with van der Waals surface area (Å²) in [6.45, 7) is 1.97. The van der Waals surface area contributed by atoms with Crippen LogP contribution in [-0.4, -0.2) is 16.0 Å². The average molecular weight is 327 g/mol. The maximum Gasteiger partial charge on any atom is 0.227 e. The minimum atomic E-state index is -0.0303. The van der Waals surface area contributed by atoms with Gasteiger partial charge in [-0.1, -0.05) is 41.6 Å². The predicted octanol–water partition coefficient (Wildman–Crippen LogP) is 3.61. The molecule has 1 amide bonds. The molecule has 1 aromatic carbocycles. The van der Waals surface area contributed by atoms with Gasteiger partial charge in [0.2, 0.25) is 17.6 Å². The van der Waals surface area contributed by atoms with Crippen molar-refractivity contribution in [2.24, 2.45) is 0 Å². The lowest BCUT2D eigenvalue weighted by Gasteiger charge is -2.13. The Labute approximate surface area is 138 Å². The van der Waals surface area contributed by atoms with Crippen molar-refractivity contribution in [1.82, 2.24) is 15.5 Å². The van der Waals surface area contributed by atoms with E-state index in [-0.39, 0.29) is 11.9 Å². The van der Waals surface area contributed by atoms with Crippen LogP contribution in [-0.2, 0) is 11.2 Å². The zero-order valence-corrected chi connectivity index (χ0v) is 13.5. The van der Waals surface area contributed by atoms with Crippen LogP contribution >= 0.6 is 11.3 Å². The number of amides is 1. The maximum atomic E-state index is 12.0. The molecular weight excluding hydrogens is 310 g/mol. The zero-order valence-electron chi connectivity index (χ0n) is 12.7. The zero-order chi connectivity index (χ0) is 16.1. The van der Waals surface area contributed by atoms with E-state index in [2.05, 4.69) is 15.5 Å². The second-order valence-electron chi connectivity index (χ2n) is 5.19. The number of hydrogen-bond acceptors (Lipinski definition) is 5. The predicted molar refractivity (Wildman–Crippen MR) is 88.9 cm³/mol. The second-order valence-corrected chi connectivity index (χ2v) is 6.14. The van der Waals surface area contributed by atoms with Crippen molar-refractivity contribution in [2.45, 2.75) is 25.8 Å². The minimum Gasteiger partial charge on any atom is -0.350 e. The summed E-state index contributed by atoms with van der Waals surface area (Å²) >= 11 is 1.56. The van der Waals surface area contributed by atoms with E-state index in [0.717, 1.165) is 10.4 Å². The first-order chi connectivity index (χ1) is 11.2. The van der Waals surface area contributed by atoms with Crippen molar-refractivity contribution in [3.63, 3.8) is 0 Å². The van der Waals surface area contributed by atoms with Gasteiger partial charge in [0.25, 0.3) is 0 Å². The van der Waals surface area contributed by atoms with Gasteiger partial charge in [-0.3, -0.25) is 4.79 Å². The first-order valence-corrected chi connectivity index (χ1v) is 8.31. The molecular formula is C17H17N3O2S. The number of rotatable bonds is 6. The SMILES string of the molecule is C[C@@H](NC(=O)CCc1nc(-c2cccs2)no1)c1ccccc1. The van der Waals surface area contributed by atoms with E-state index in [4.69, 9.17) is 4.52 Å². The van der Waals surface area contributed by atoms with Crippen LogP contribution in [0.5, 0.6) is 0 Å². The van der Waals surface area contributed by atoms with Crippen LogP contribution < -0.4 is 5.32 Å². The lowest BCUT2D eigenvalue weighted by Crippen LogP contribution is -2.26. The molecule has 0 radical (unpaired) electrons. The van der Waals surface area contributed by atoms with Crippen molar-refractivity contribution >= 4 is 17.2 Å². The first kappa shape index (κ1) is 15.4. The molecule has 118 valence electrons. The molecule has 1 N–H and O–H groups in total. The lowest BCUT2D eigenvalue weighted by molar-refractivity contribution is -0.121. The highest BCUT2D eigenvalue weighted by molar-refractivity contribution is 7.13. The summed E-state index contributed by atoms with van der Waals surface area (Å²) in [6, 6.07) is 13.7. The Kier molecular flexibility index (Phi) is 4.83. The highest BCUT2D eigenvalue weighted by Crippen LogP contribution is 2.21. The van der Waals surface area contributed by atoms with Crippen molar-refractivity contribution in [2.75, 3.05) is 0 Å². The van der Waals surface area contributed by atoms with Crippen molar-refractivity contribution in [1.29, 1.82) is 0 Å². The normalized spacial score (nSPS) is 12.0. The van der Waals surface area contributed by atoms with Crippen LogP contribution in [0.15, 0.2) is 52.4 Å². The fourth-order valence-corrected chi connectivity index (χ4v) is 2.87. The third-order valence-corrected chi connectivity index (χ3v) is 4.32. The lowest BCUT2D eigenvalue weighted by atomic mass is 10.1. The number of benzene rings is 1. The Morgan fingerprint density at radius 1 is 1.26 bits per heavy atom. The molecule has 0 aliphatic rings. The molecule has 2 aromatic heterocycles. The molecule has 0 aliphatic carbocycles. The number of carbonyl (C=O) groups excluding carboxylic acids is 1. The number of nitrogens with zero attached hydrogens (tertiary/aromatic N) is 2. The number of thiophene rings is 1. The molecule has 3 aromatic rings. The number of hydrogen-bond donors (Lipinski definition) is 1. The summed E-state index contributed by atoms with van der Waals surface area (Å²) in [5.74, 6) is 1.03. The van der Waals surface area contributed by atoms with E-state index in [1.54, 1.807) is 11.3 Å². The third-order valence-electron chi connectivity index (χ3n) is 3.45. The van der Waals surface area contributed by atoms with E-state index < -0.39 is 0 Å². The van der Waals surface area contributed by atoms with Crippen molar-refractivity contribution in [3.8, 4) is 10.7 Å². The fourth-order valence-electron chi connectivity index (χ4n) is 2.22. The van der Waals surface area contributed by atoms with E-state index in [9.17, 15) is 4.79 Å². The van der Waals surface area contributed by atoms with E-state index in [1.165, 1.54) is 0 Å². The summed E-state index contributed by atoms with van der Waals surface area (Å²) in [4.78, 5) is 17.3. The molecule has 6 heteroatoms. The molecule has 0 spiro atoms. The van der Waals surface area contributed by atoms with E-state index in [0.29, 0.717) is 24.6 Å². The van der Waals surface area contributed by atoms with Crippen LogP contribution in [0.2, 0.25) is 0 Å². The number of aryl methyl sites for hydroxylation is 1. The third kappa shape index (κ3) is 4.04. The molecule has 5 nitrogen and oxygen atoms in total. The van der Waals surface area contributed by atoms with Gasteiger partial charge in [0.15, 0.2) is 0 Å². The number of nitrogens with one attached hydrogen (secondary N) is 1. The monoisotopic (exact) mass is 327 g/mol. The molecule has 1 atom stereocenters. The highest BCUT2D eigenvalue weighted by Gasteiger charge is 2.13. The van der Waals surface area contributed by atoms with Crippen LogP contribution in [0.1, 0.15) is 30.8 Å². The van der Waals surface area contributed by atoms with Gasteiger partial charge in [0.1, 0.15) is 0 Å². The van der Waals surface area contributed by atoms with Gasteiger partial charge >= 0.3 is 0 Å². The van der Waals surface area contributed by atoms with E-state index >= 15 is 0 Å². The standard InChI is InChI=1S/C17H17N3O2S/c1-12(13-6-3-2-4-7-13)18-15(21)9-10-16-19-17(20-22-16)14-8-5-11-23-14/h2-8,11-12H,9-10H2,1H3,(H,18,21)/t12-/m1/s1. The Balaban J connectivity index is 1.51. The quantitative estimate of drug-likeness (QED) is 0.751. The van der Waals surface area contributed by atoms with Gasteiger partial charge in [-0.2, -0.15) is 4.98 Å². The molecule has 3 rings (SSSR count). The van der Waals surface area contributed by atoms with E-state index in [1.807, 2.05) is 54.8 Å². The van der Waals surface area contributed by atoms with Gasteiger partial charge in [0.05, 0.1) is 10.9 Å². The fraction of sp³-hybridized carbons (Fsp3) is 0.235. The summed E-state index contributed by atoms with van der Waals surface area (Å²) in [7, 11) is 0. The molecule has 2 heterocycles. The van der Waals surface area contributed by atoms with Crippen LogP contribution in [0.4, 0.5) is 0 Å². The number of aromatic nitrogens is 2. The smallest absolute Gasteiger partial charge is 0.227 e. The Morgan fingerprint density at radius 3 is 2.83 bits per heavy atom. The van der Waals surface area contributed by atoms with Gasteiger partial charge in [0, 0.05) is 12.8 Å². The first-order valence-electron chi connectivity index (χ1n) is 7.43. The summed E-state index contributed by atoms with van der Waals surface area (Å²) in [5, 5.41) is 8.87. The second kappa shape index (κ2) is 7.19. The topological polar surface area (TPSA) is 68.0 Å². The van der Waals surface area contributed by atoms with Crippen LogP contribution in [0.3, 0.4) is 0 Å². The van der Waals surface area contributed by atoms with Crippen LogP contribution in [0.25, 0.3) is 10.7 Å². The molecule has 23 heavy (non-hydrogen) atoms. The molecule has 0 fully saturated rings. The molecule has 0 bridgehead atoms. The van der Waals surface area contributed by atoms with Gasteiger partial charge in [-0.15, -0.1) is 11.3 Å². The summed E-state index contributed by atoms with van der Waals surface area (Å²) in [5.41, 5.74) is 1.08. The number of carbonyl (C=O) groups is 1. The summed E-state index contributed by atoms with van der Waals surface area (Å²) < 4.78 is 5.19. The molecule has 0 saturated heterocycles. The van der Waals surface area contributed by atoms with Crippen LogP contribution in [0, 0.1) is 0 Å². The maximum absolute atomic E-state index is 12.0. The van der Waals surface area contributed by atoms with Gasteiger partial charge in [-0.25, -0.2) is 0 Å². The molecule has 0 saturated carbocycles.